The number of ether oxygens (including phenoxy) is 7. The van der Waals surface area contributed by atoms with Crippen molar-refractivity contribution in [2.75, 3.05) is 68.8 Å². The maximum atomic E-state index is 13.7. The number of benzene rings is 6. The summed E-state index contributed by atoms with van der Waals surface area (Å²) in [5, 5.41) is 21.1. The number of imidazole rings is 4. The van der Waals surface area contributed by atoms with Gasteiger partial charge in [0, 0.05) is 51.5 Å². The zero-order valence-corrected chi connectivity index (χ0v) is 71.7. The van der Waals surface area contributed by atoms with Crippen molar-refractivity contribution in [3.05, 3.63) is 145 Å². The second-order valence-electron chi connectivity index (χ2n) is 33.0. The minimum Gasteiger partial charge on any atom is -0.481 e. The Kier molecular flexibility index (Phi) is 28.4. The second-order valence-corrected chi connectivity index (χ2v) is 33.0. The Labute approximate surface area is 707 Å². The summed E-state index contributed by atoms with van der Waals surface area (Å²) in [5.74, 6) is -0.242. The Bertz CT molecular complexity index is 5450. The number of esters is 1. The number of hydrogen-bond acceptors (Lipinski definition) is 20. The molecule has 0 bridgehead atoms. The van der Waals surface area contributed by atoms with Gasteiger partial charge in [0.25, 0.3) is 0 Å². The van der Waals surface area contributed by atoms with Crippen molar-refractivity contribution in [1.82, 2.24) is 75.4 Å². The van der Waals surface area contributed by atoms with E-state index in [1.807, 2.05) is 82.8 Å². The molecule has 4 aliphatic heterocycles. The van der Waals surface area contributed by atoms with E-state index in [4.69, 9.17) is 53.5 Å². The summed E-state index contributed by atoms with van der Waals surface area (Å²) in [7, 11) is 7.97. The van der Waals surface area contributed by atoms with E-state index in [0.717, 1.165) is 157 Å². The highest BCUT2D eigenvalue weighted by Gasteiger charge is 2.43. The zero-order chi connectivity index (χ0) is 87.5. The van der Waals surface area contributed by atoms with Gasteiger partial charge in [-0.25, -0.2) is 39.1 Å². The number of aromatic amines is 4. The molecule has 7 amide bonds. The van der Waals surface area contributed by atoms with Crippen LogP contribution in [0.1, 0.15) is 168 Å². The van der Waals surface area contributed by atoms with Crippen LogP contribution in [0.4, 0.5) is 19.2 Å². The third-order valence-corrected chi connectivity index (χ3v) is 23.1. The second kappa shape index (κ2) is 38.9. The van der Waals surface area contributed by atoms with Gasteiger partial charge in [0.1, 0.15) is 47.0 Å². The number of nitrogens with zero attached hydrogens (tertiary/aromatic N) is 8. The highest BCUT2D eigenvalue weighted by Crippen LogP contribution is 2.40. The molecule has 14 rings (SSSR count). The molecular weight excluding hydrogens is 1560 g/mol. The van der Waals surface area contributed by atoms with E-state index in [-0.39, 0.29) is 66.2 Å². The van der Waals surface area contributed by atoms with E-state index in [2.05, 4.69) is 138 Å². The summed E-state index contributed by atoms with van der Waals surface area (Å²) in [6, 6.07) is 34.7. The lowest BCUT2D eigenvalue weighted by atomic mass is 9.99. The highest BCUT2D eigenvalue weighted by molar-refractivity contribution is 5.95. The molecule has 122 heavy (non-hydrogen) atoms. The predicted molar refractivity (Wildman–Crippen MR) is 458 cm³/mol. The molecule has 0 unspecified atom stereocenters. The Morgan fingerprint density at radius 3 is 1.15 bits per heavy atom. The van der Waals surface area contributed by atoms with Crippen molar-refractivity contribution in [1.29, 1.82) is 0 Å². The van der Waals surface area contributed by atoms with Crippen LogP contribution in [0.2, 0.25) is 0 Å². The number of likely N-dealkylation sites (tertiary alicyclic amines) is 4. The van der Waals surface area contributed by atoms with Crippen molar-refractivity contribution in [3.63, 3.8) is 0 Å². The van der Waals surface area contributed by atoms with Gasteiger partial charge >= 0.3 is 36.3 Å². The molecule has 32 heteroatoms. The number of amides is 7. The Hall–Kier alpha value is -12.5. The SMILES string of the molecule is COC(=O)C[C@H](C(=O)O)[C@@H](C)OC.COC(=O)N[C@H](C(=O)N1CCC[C@H]1c1ncc(-c2ccc3cc(-c4ccc5nc([C@@H]6CCCN6C(=O)OC(C)(C)C)[nH]c5c4)ccc3c2)[nH]1)C(C)C.COC(=O)N[C@H](C(=O)N1CCC[C@H]1c1ncc(-c2ccc3cc(-c4ccc5nc([C@@H]6CCCN6C(=O)[C@@H](NC(=O)OC)[C@@H](C)OC)[nH]c5c4)ccc3c2)[nH]1)C(C)C. The molecule has 4 aliphatic rings. The number of aliphatic carboxylic acids is 1. The highest BCUT2D eigenvalue weighted by atomic mass is 16.6. The number of carboxylic acid groups (broad SMARTS) is 1. The van der Waals surface area contributed by atoms with Crippen molar-refractivity contribution >= 4 is 97.6 Å². The first kappa shape index (κ1) is 88.8. The van der Waals surface area contributed by atoms with Gasteiger partial charge in [-0.3, -0.25) is 28.9 Å². The summed E-state index contributed by atoms with van der Waals surface area (Å²) < 4.78 is 34.6. The zero-order valence-electron chi connectivity index (χ0n) is 71.7. The molecule has 32 nitrogen and oxygen atoms in total. The quantitative estimate of drug-likeness (QED) is 0.0218. The van der Waals surface area contributed by atoms with Crippen molar-refractivity contribution < 1.29 is 81.4 Å². The first-order valence-corrected chi connectivity index (χ1v) is 41.4. The molecule has 8 heterocycles. The van der Waals surface area contributed by atoms with E-state index >= 15 is 0 Å². The molecule has 648 valence electrons. The Morgan fingerprint density at radius 2 is 0.779 bits per heavy atom. The third kappa shape index (κ3) is 20.4. The monoisotopic (exact) mass is 1670 g/mol. The van der Waals surface area contributed by atoms with Gasteiger partial charge in [-0.15, -0.1) is 0 Å². The molecule has 10 aromatic rings. The normalized spacial score (nSPS) is 18.0. The Balaban J connectivity index is 0.000000195. The van der Waals surface area contributed by atoms with Gasteiger partial charge in [-0.2, -0.15) is 0 Å². The minimum absolute atomic E-state index is 0.0975. The van der Waals surface area contributed by atoms with Crippen LogP contribution in [0, 0.1) is 17.8 Å². The van der Waals surface area contributed by atoms with E-state index in [9.17, 15) is 43.2 Å². The van der Waals surface area contributed by atoms with Crippen LogP contribution in [0.5, 0.6) is 0 Å². The Morgan fingerprint density at radius 1 is 0.434 bits per heavy atom. The molecule has 0 saturated carbocycles. The lowest BCUT2D eigenvalue weighted by Crippen LogP contribution is -2.54. The molecular formula is C90H111N15O17. The van der Waals surface area contributed by atoms with E-state index in [0.29, 0.717) is 32.0 Å². The van der Waals surface area contributed by atoms with Crippen molar-refractivity contribution in [3.8, 4) is 44.8 Å². The van der Waals surface area contributed by atoms with E-state index < -0.39 is 72.1 Å². The number of carbonyl (C=O) groups excluding carboxylic acids is 8. The van der Waals surface area contributed by atoms with Crippen LogP contribution in [0.3, 0.4) is 0 Å². The molecule has 10 atom stereocenters. The van der Waals surface area contributed by atoms with Crippen LogP contribution < -0.4 is 16.0 Å². The van der Waals surface area contributed by atoms with Gasteiger partial charge in [0.15, 0.2) is 0 Å². The fourth-order valence-electron chi connectivity index (χ4n) is 16.3. The molecule has 6 aromatic carbocycles. The van der Waals surface area contributed by atoms with Crippen LogP contribution in [-0.2, 0) is 57.1 Å². The number of rotatable bonds is 23. The summed E-state index contributed by atoms with van der Waals surface area (Å²) >= 11 is 0. The van der Waals surface area contributed by atoms with Gasteiger partial charge in [0.05, 0.1) is 123 Å². The maximum absolute atomic E-state index is 13.7. The lowest BCUT2D eigenvalue weighted by Gasteiger charge is -2.30. The van der Waals surface area contributed by atoms with Gasteiger partial charge in [-0.05, 0) is 190 Å². The number of aromatic nitrogens is 8. The number of carbonyl (C=O) groups is 9. The molecule has 0 radical (unpaired) electrons. The summed E-state index contributed by atoms with van der Waals surface area (Å²) in [5.41, 5.74) is 10.8. The number of methoxy groups -OCH3 is 6. The summed E-state index contributed by atoms with van der Waals surface area (Å²) in [4.78, 5) is 151. The fourth-order valence-corrected chi connectivity index (χ4v) is 16.3. The van der Waals surface area contributed by atoms with Gasteiger partial charge < -0.3 is 88.9 Å². The summed E-state index contributed by atoms with van der Waals surface area (Å²) in [6.07, 6.45) is 6.72. The number of hydrogen-bond donors (Lipinski definition) is 8. The topological polar surface area (TPSA) is 402 Å². The maximum Gasteiger partial charge on any atom is 0.410 e. The van der Waals surface area contributed by atoms with Crippen molar-refractivity contribution in [2.45, 2.75) is 180 Å². The number of H-pyrrole nitrogens is 4. The first-order chi connectivity index (χ1) is 58.4. The molecule has 0 aliphatic carbocycles. The van der Waals surface area contributed by atoms with Crippen molar-refractivity contribution in [2.24, 2.45) is 17.8 Å². The van der Waals surface area contributed by atoms with Crippen LogP contribution in [-0.4, -0.2) is 223 Å². The largest absolute Gasteiger partial charge is 0.481 e. The molecule has 4 fully saturated rings. The lowest BCUT2D eigenvalue weighted by molar-refractivity contribution is -0.154. The molecule has 0 spiro atoms. The standard InChI is InChI=1S/C42H50N8O7.C40H47N7O5.C8H14O5/c1-23(2)35(47-41(53)56-5)39(51)49-17-7-9-33(49)37-43-22-32(46-37)29-14-13-25-19-26(11-12-27(25)20-29)28-15-16-30-31(21-28)45-38(44-30)34-10-8-18-50(34)40(52)36(24(3)55-4)48-42(54)57-6;1-23(2)34(45-38(49)51-6)37(48)46-17-7-9-32(46)35-41-22-31(44-35)28-14-13-24-19-25(11-12-26(24)20-28)27-15-16-29-30(21-27)43-36(42-29)33-10-8-18-47(33)39(50)52-40(3,4)5;1-5(12-2)6(8(10)11)4-7(9)13-3/h11-16,19-24,33-36H,7-10,17-18H2,1-6H3,(H,43,46)(H,44,45)(H,47,53)(H,48,54);11-16,19-23,32-34H,7-10,17-18H2,1-6H3,(H,41,44)(H,42,43)(H,45,49);5-6H,4H2,1-3H3,(H,10,11)/t24-,33+,34+,35+,36+;32-,33-,34-;5-,6+/m101/s1. The van der Waals surface area contributed by atoms with Gasteiger partial charge in [-0.1, -0.05) is 88.4 Å². The van der Waals surface area contributed by atoms with Crippen LogP contribution >= 0.6 is 0 Å². The minimum atomic E-state index is -1.06. The molecule has 4 saturated heterocycles. The molecule has 8 N–H and O–H groups in total. The van der Waals surface area contributed by atoms with E-state index in [1.165, 1.54) is 42.7 Å². The number of nitrogens with one attached hydrogen (secondary N) is 7. The van der Waals surface area contributed by atoms with Crippen LogP contribution in [0.25, 0.3) is 88.4 Å². The smallest absolute Gasteiger partial charge is 0.410 e. The van der Waals surface area contributed by atoms with Crippen LogP contribution in [0.15, 0.2) is 122 Å². The number of fused-ring (bicyclic) bond motifs is 4. The average Bonchev–Trinajstić information content (AvgIpc) is 1.60. The fraction of sp³-hybridized carbons (Fsp3) is 0.456. The third-order valence-electron chi connectivity index (χ3n) is 23.1. The predicted octanol–water partition coefficient (Wildman–Crippen LogP) is 14.4. The average molecular weight is 1670 g/mol. The number of carboxylic acids is 1. The summed E-state index contributed by atoms with van der Waals surface area (Å²) in [6.45, 7) is 19.0. The van der Waals surface area contributed by atoms with Gasteiger partial charge in [0.2, 0.25) is 17.7 Å². The first-order valence-electron chi connectivity index (χ1n) is 41.4. The molecule has 4 aromatic heterocycles. The van der Waals surface area contributed by atoms with E-state index in [1.54, 1.807) is 23.6 Å². The number of alkyl carbamates (subject to hydrolysis) is 3.